The minimum atomic E-state index is -0.513. The predicted molar refractivity (Wildman–Crippen MR) is 88.8 cm³/mol. The highest BCUT2D eigenvalue weighted by Crippen LogP contribution is 2.18. The van der Waals surface area contributed by atoms with Gasteiger partial charge in [0.15, 0.2) is 6.61 Å². The van der Waals surface area contributed by atoms with Crippen LogP contribution in [0.3, 0.4) is 0 Å². The van der Waals surface area contributed by atoms with E-state index in [0.29, 0.717) is 5.75 Å². The summed E-state index contributed by atoms with van der Waals surface area (Å²) in [5.74, 6) is 0.0963. The van der Waals surface area contributed by atoms with Crippen molar-refractivity contribution < 1.29 is 14.3 Å². The van der Waals surface area contributed by atoms with Gasteiger partial charge in [0, 0.05) is 25.2 Å². The largest absolute Gasteiger partial charge is 0.484 e. The zero-order chi connectivity index (χ0) is 16.7. The van der Waals surface area contributed by atoms with Crippen molar-refractivity contribution in [1.82, 2.24) is 10.2 Å². The number of carbonyl (C=O) groups excluding carboxylic acids is 2. The Bertz CT molecular complexity index is 569. The third-order valence-corrected chi connectivity index (χ3v) is 3.78. The predicted octanol–water partition coefficient (Wildman–Crippen LogP) is 0.774. The van der Waals surface area contributed by atoms with Gasteiger partial charge < -0.3 is 20.7 Å². The molecule has 1 unspecified atom stereocenters. The Balaban J connectivity index is 1.91. The normalized spacial score (nSPS) is 17.6. The summed E-state index contributed by atoms with van der Waals surface area (Å²) in [5.41, 5.74) is 5.92. The van der Waals surface area contributed by atoms with Gasteiger partial charge in [0.25, 0.3) is 5.91 Å². The number of likely N-dealkylation sites (N-methyl/N-ethyl adjacent to an activating group) is 1. The topological polar surface area (TPSA) is 84.7 Å². The molecule has 1 saturated heterocycles. The van der Waals surface area contributed by atoms with Crippen LogP contribution in [-0.2, 0) is 9.59 Å². The highest BCUT2D eigenvalue weighted by atomic mass is 16.5. The van der Waals surface area contributed by atoms with Gasteiger partial charge in [-0.05, 0) is 43.7 Å². The molecule has 2 amide bonds. The zero-order valence-corrected chi connectivity index (χ0v) is 13.3. The minimum absolute atomic E-state index is 0.0387. The maximum absolute atomic E-state index is 12.3. The summed E-state index contributed by atoms with van der Waals surface area (Å²) < 4.78 is 5.19. The number of rotatable bonds is 7. The number of likely N-dealkylation sites (tertiary alicyclic amines) is 1. The first-order valence-corrected chi connectivity index (χ1v) is 7.74. The highest BCUT2D eigenvalue weighted by Gasteiger charge is 2.26. The van der Waals surface area contributed by atoms with Crippen LogP contribution < -0.4 is 15.8 Å². The quantitative estimate of drug-likeness (QED) is 0.728. The lowest BCUT2D eigenvalue weighted by Gasteiger charge is -2.23. The van der Waals surface area contributed by atoms with E-state index < -0.39 is 5.91 Å². The van der Waals surface area contributed by atoms with Crippen molar-refractivity contribution in [2.75, 3.05) is 26.7 Å². The van der Waals surface area contributed by atoms with Crippen LogP contribution in [0.1, 0.15) is 18.4 Å². The van der Waals surface area contributed by atoms with Gasteiger partial charge in [0.05, 0.1) is 0 Å². The lowest BCUT2D eigenvalue weighted by molar-refractivity contribution is -0.126. The first kappa shape index (κ1) is 17.0. The fraction of sp³-hybridized carbons (Fsp3) is 0.412. The van der Waals surface area contributed by atoms with Crippen LogP contribution in [0.15, 0.2) is 30.3 Å². The Kier molecular flexibility index (Phi) is 6.17. The number of amides is 2. The fourth-order valence-corrected chi connectivity index (χ4v) is 2.67. The average Bonchev–Trinajstić information content (AvgIpc) is 3.00. The molecule has 0 bridgehead atoms. The lowest BCUT2D eigenvalue weighted by atomic mass is 10.2. The maximum Gasteiger partial charge on any atom is 0.255 e. The minimum Gasteiger partial charge on any atom is -0.484 e. The Morgan fingerprint density at radius 1 is 1.39 bits per heavy atom. The van der Waals surface area contributed by atoms with E-state index in [9.17, 15) is 9.59 Å². The molecule has 1 fully saturated rings. The third kappa shape index (κ3) is 5.10. The van der Waals surface area contributed by atoms with E-state index in [2.05, 4.69) is 5.32 Å². The van der Waals surface area contributed by atoms with Crippen molar-refractivity contribution in [2.24, 2.45) is 5.73 Å². The summed E-state index contributed by atoms with van der Waals surface area (Å²) in [6.07, 6.45) is 5.49. The van der Waals surface area contributed by atoms with Gasteiger partial charge in [-0.25, -0.2) is 0 Å². The molecule has 1 atom stereocenters. The molecule has 1 aromatic rings. The zero-order valence-electron chi connectivity index (χ0n) is 13.3. The second kappa shape index (κ2) is 8.33. The molecule has 1 heterocycles. The molecule has 1 aliphatic heterocycles. The van der Waals surface area contributed by atoms with Crippen LogP contribution in [0, 0.1) is 0 Å². The van der Waals surface area contributed by atoms with Crippen LogP contribution in [0.4, 0.5) is 0 Å². The van der Waals surface area contributed by atoms with Crippen LogP contribution in [0.25, 0.3) is 6.08 Å². The Labute approximate surface area is 136 Å². The molecule has 23 heavy (non-hydrogen) atoms. The molecule has 1 aliphatic rings. The van der Waals surface area contributed by atoms with E-state index in [-0.39, 0.29) is 18.6 Å². The Morgan fingerprint density at radius 3 is 2.78 bits per heavy atom. The summed E-state index contributed by atoms with van der Waals surface area (Å²) >= 11 is 0. The monoisotopic (exact) mass is 317 g/mol. The Hall–Kier alpha value is -2.34. The van der Waals surface area contributed by atoms with Gasteiger partial charge in [0.1, 0.15) is 5.75 Å². The molecule has 6 heteroatoms. The molecular formula is C17H23N3O3. The smallest absolute Gasteiger partial charge is 0.255 e. The molecule has 0 aliphatic carbocycles. The summed E-state index contributed by atoms with van der Waals surface area (Å²) in [6.45, 7) is 1.50. The number of carbonyl (C=O) groups is 2. The lowest BCUT2D eigenvalue weighted by Crippen LogP contribution is -2.39. The number of primary amides is 1. The highest BCUT2D eigenvalue weighted by molar-refractivity contribution is 5.92. The molecule has 6 nitrogen and oxygen atoms in total. The van der Waals surface area contributed by atoms with Gasteiger partial charge >= 0.3 is 0 Å². The number of hydrogen-bond acceptors (Lipinski definition) is 4. The van der Waals surface area contributed by atoms with Crippen molar-refractivity contribution in [1.29, 1.82) is 0 Å². The second-order valence-corrected chi connectivity index (χ2v) is 5.54. The third-order valence-electron chi connectivity index (χ3n) is 3.78. The van der Waals surface area contributed by atoms with Crippen LogP contribution >= 0.6 is 0 Å². The van der Waals surface area contributed by atoms with E-state index in [1.165, 1.54) is 0 Å². The van der Waals surface area contributed by atoms with Crippen molar-refractivity contribution in [3.8, 4) is 5.75 Å². The fourth-order valence-electron chi connectivity index (χ4n) is 2.67. The molecule has 2 rings (SSSR count). The SMILES string of the molecule is CNCC1CCCN1C(=O)C=Cc1ccc(OCC(N)=O)cc1. The van der Waals surface area contributed by atoms with E-state index in [4.69, 9.17) is 10.5 Å². The molecule has 124 valence electrons. The van der Waals surface area contributed by atoms with Gasteiger partial charge in [0.2, 0.25) is 5.91 Å². The molecule has 0 aromatic heterocycles. The number of nitrogens with two attached hydrogens (primary N) is 1. The van der Waals surface area contributed by atoms with Crippen molar-refractivity contribution in [3.05, 3.63) is 35.9 Å². The number of hydrogen-bond donors (Lipinski definition) is 2. The Morgan fingerprint density at radius 2 is 2.13 bits per heavy atom. The number of nitrogens with one attached hydrogen (secondary N) is 1. The summed E-state index contributed by atoms with van der Waals surface area (Å²) in [4.78, 5) is 24.9. The van der Waals surface area contributed by atoms with E-state index in [1.54, 1.807) is 24.3 Å². The van der Waals surface area contributed by atoms with E-state index >= 15 is 0 Å². The molecule has 0 saturated carbocycles. The molecule has 0 spiro atoms. The molecule has 0 radical (unpaired) electrons. The first-order chi connectivity index (χ1) is 11.1. The van der Waals surface area contributed by atoms with Crippen molar-refractivity contribution >= 4 is 17.9 Å². The molecule has 1 aromatic carbocycles. The van der Waals surface area contributed by atoms with Gasteiger partial charge in [-0.15, -0.1) is 0 Å². The van der Waals surface area contributed by atoms with E-state index in [1.807, 2.05) is 24.1 Å². The molecular weight excluding hydrogens is 294 g/mol. The van der Waals surface area contributed by atoms with Crippen LogP contribution in [0.2, 0.25) is 0 Å². The van der Waals surface area contributed by atoms with Crippen molar-refractivity contribution in [3.63, 3.8) is 0 Å². The average molecular weight is 317 g/mol. The maximum atomic E-state index is 12.3. The van der Waals surface area contributed by atoms with Gasteiger partial charge in [-0.2, -0.15) is 0 Å². The van der Waals surface area contributed by atoms with Gasteiger partial charge in [-0.1, -0.05) is 12.1 Å². The number of nitrogens with zero attached hydrogens (tertiary/aromatic N) is 1. The van der Waals surface area contributed by atoms with E-state index in [0.717, 1.165) is 31.5 Å². The van der Waals surface area contributed by atoms with Crippen molar-refractivity contribution in [2.45, 2.75) is 18.9 Å². The van der Waals surface area contributed by atoms with Gasteiger partial charge in [-0.3, -0.25) is 9.59 Å². The van der Waals surface area contributed by atoms with Crippen LogP contribution in [-0.4, -0.2) is 49.5 Å². The standard InChI is InChI=1S/C17H23N3O3/c1-19-11-14-3-2-10-20(14)17(22)9-6-13-4-7-15(8-5-13)23-12-16(18)21/h4-9,14,19H,2-3,10-12H2,1H3,(H2,18,21). The summed E-state index contributed by atoms with van der Waals surface area (Å²) in [5, 5.41) is 3.13. The first-order valence-electron chi connectivity index (χ1n) is 7.74. The number of benzene rings is 1. The summed E-state index contributed by atoms with van der Waals surface area (Å²) in [6, 6.07) is 7.42. The number of ether oxygens (including phenoxy) is 1. The van der Waals surface area contributed by atoms with Crippen LogP contribution in [0.5, 0.6) is 5.75 Å². The summed E-state index contributed by atoms with van der Waals surface area (Å²) in [7, 11) is 1.90. The molecule has 3 N–H and O–H groups in total. The second-order valence-electron chi connectivity index (χ2n) is 5.54.